The van der Waals surface area contributed by atoms with Crippen LogP contribution in [0.4, 0.5) is 0 Å². The van der Waals surface area contributed by atoms with Gasteiger partial charge >= 0.3 is 23.9 Å². The molecule has 0 unspecified atom stereocenters. The summed E-state index contributed by atoms with van der Waals surface area (Å²) < 4.78 is 22.0. The SMILES string of the molecule is O=C(CCCCCCCCCCCCCCCCCCCCCC(=O)Oc1ccc(C(=O)Oc2ccc(-c3ccccc3)cc2)cc1)Oc1ccc(C(=O)Oc2ccc(-c3ccccc3)cc2)cc1. The molecule has 6 rings (SSSR count). The van der Waals surface area contributed by atoms with Crippen LogP contribution in [0.2, 0.25) is 0 Å². The van der Waals surface area contributed by atoms with Crippen LogP contribution in [-0.4, -0.2) is 23.9 Å². The second kappa shape index (κ2) is 29.8. The largest absolute Gasteiger partial charge is 0.427 e. The average Bonchev–Trinajstić information content (AvgIpc) is 3.38. The summed E-state index contributed by atoms with van der Waals surface area (Å²) in [5.41, 5.74) is 5.06. The molecule has 69 heavy (non-hydrogen) atoms. The standard InChI is InChI=1S/C61H68O8/c62-58(66-54-44-36-52(37-45-54)60(64)68-56-40-32-50(33-41-56)48-26-20-18-21-27-48)30-24-16-14-12-10-8-6-4-2-1-3-5-7-9-11-13-15-17-25-31-59(63)67-55-46-38-53(39-47-55)61(65)69-57-42-34-51(35-43-57)49-28-22-19-23-29-49/h18-23,26-29,32-47H,1-17,24-25,30-31H2. The van der Waals surface area contributed by atoms with E-state index in [1.165, 1.54) is 83.5 Å². The van der Waals surface area contributed by atoms with Gasteiger partial charge in [-0.25, -0.2) is 9.59 Å². The van der Waals surface area contributed by atoms with Gasteiger partial charge in [0.05, 0.1) is 11.1 Å². The van der Waals surface area contributed by atoms with Crippen LogP contribution in [0.5, 0.6) is 23.0 Å². The van der Waals surface area contributed by atoms with Crippen molar-refractivity contribution in [2.45, 2.75) is 135 Å². The van der Waals surface area contributed by atoms with Gasteiger partial charge in [0.25, 0.3) is 0 Å². The molecule has 6 aromatic carbocycles. The van der Waals surface area contributed by atoms with Gasteiger partial charge in [0.1, 0.15) is 23.0 Å². The minimum Gasteiger partial charge on any atom is -0.427 e. The molecule has 360 valence electrons. The summed E-state index contributed by atoms with van der Waals surface area (Å²) in [6.45, 7) is 0. The number of unbranched alkanes of at least 4 members (excludes halogenated alkanes) is 18. The van der Waals surface area contributed by atoms with Crippen LogP contribution in [0.25, 0.3) is 22.3 Å². The molecule has 8 heteroatoms. The van der Waals surface area contributed by atoms with Crippen LogP contribution in [0.15, 0.2) is 158 Å². The molecule has 0 radical (unpaired) electrons. The molecule has 0 N–H and O–H groups in total. The molecule has 8 nitrogen and oxygen atoms in total. The Labute approximate surface area is 409 Å². The first-order chi connectivity index (χ1) is 33.9. The highest BCUT2D eigenvalue weighted by molar-refractivity contribution is 5.92. The van der Waals surface area contributed by atoms with Crippen LogP contribution in [0.1, 0.15) is 156 Å². The second-order valence-electron chi connectivity index (χ2n) is 17.8. The second-order valence-corrected chi connectivity index (χ2v) is 17.8. The predicted molar refractivity (Wildman–Crippen MR) is 275 cm³/mol. The van der Waals surface area contributed by atoms with Gasteiger partial charge in [-0.2, -0.15) is 0 Å². The molecule has 0 saturated heterocycles. The Morgan fingerprint density at radius 1 is 0.246 bits per heavy atom. The zero-order valence-corrected chi connectivity index (χ0v) is 40.1. The Balaban J connectivity index is 0.668. The first-order valence-electron chi connectivity index (χ1n) is 25.3. The lowest BCUT2D eigenvalue weighted by Gasteiger charge is -2.08. The minimum absolute atomic E-state index is 0.250. The van der Waals surface area contributed by atoms with E-state index in [0.29, 0.717) is 47.0 Å². The van der Waals surface area contributed by atoms with Crippen molar-refractivity contribution in [2.75, 3.05) is 0 Å². The Bertz CT molecular complexity index is 2240. The van der Waals surface area contributed by atoms with Crippen molar-refractivity contribution in [3.8, 4) is 45.3 Å². The molecule has 0 saturated carbocycles. The van der Waals surface area contributed by atoms with E-state index < -0.39 is 11.9 Å². The van der Waals surface area contributed by atoms with Crippen LogP contribution < -0.4 is 18.9 Å². The van der Waals surface area contributed by atoms with Crippen molar-refractivity contribution >= 4 is 23.9 Å². The summed E-state index contributed by atoms with van der Waals surface area (Å²) in [4.78, 5) is 50.1. The molecule has 0 aromatic heterocycles. The third-order valence-corrected chi connectivity index (χ3v) is 12.2. The Kier molecular flexibility index (Phi) is 22.3. The highest BCUT2D eigenvalue weighted by Crippen LogP contribution is 2.25. The predicted octanol–water partition coefficient (Wildman–Crippen LogP) is 16.2. The number of carbonyl (C=O) groups excluding carboxylic acids is 4. The minimum atomic E-state index is -0.466. The van der Waals surface area contributed by atoms with E-state index in [9.17, 15) is 19.2 Å². The fraction of sp³-hybridized carbons (Fsp3) is 0.344. The van der Waals surface area contributed by atoms with Crippen molar-refractivity contribution < 1.29 is 38.1 Å². The first kappa shape index (κ1) is 51.6. The summed E-state index contributed by atoms with van der Waals surface area (Å²) in [5.74, 6) is 0.354. The highest BCUT2D eigenvalue weighted by atomic mass is 16.5. The number of hydrogen-bond donors (Lipinski definition) is 0. The van der Waals surface area contributed by atoms with Gasteiger partial charge < -0.3 is 18.9 Å². The van der Waals surface area contributed by atoms with E-state index in [1.54, 1.807) is 72.8 Å². The molecule has 0 amide bonds. The van der Waals surface area contributed by atoms with Gasteiger partial charge in [-0.05, 0) is 108 Å². The fourth-order valence-electron chi connectivity index (χ4n) is 8.25. The van der Waals surface area contributed by atoms with Gasteiger partial charge in [-0.3, -0.25) is 9.59 Å². The van der Waals surface area contributed by atoms with Crippen molar-refractivity contribution in [3.05, 3.63) is 169 Å². The summed E-state index contributed by atoms with van der Waals surface area (Å²) in [5, 5.41) is 0. The molecule has 6 aromatic rings. The third-order valence-electron chi connectivity index (χ3n) is 12.2. The van der Waals surface area contributed by atoms with Crippen LogP contribution in [0.3, 0.4) is 0 Å². The van der Waals surface area contributed by atoms with Gasteiger partial charge in [-0.1, -0.05) is 194 Å². The Hall–Kier alpha value is -6.80. The van der Waals surface area contributed by atoms with E-state index in [0.717, 1.165) is 60.8 Å². The van der Waals surface area contributed by atoms with Gasteiger partial charge in [0, 0.05) is 12.8 Å². The number of ether oxygens (including phenoxy) is 4. The van der Waals surface area contributed by atoms with Gasteiger partial charge in [0.15, 0.2) is 0 Å². The average molecular weight is 929 g/mol. The molecule has 0 heterocycles. The maximum absolute atomic E-state index is 12.7. The van der Waals surface area contributed by atoms with Crippen molar-refractivity contribution in [2.24, 2.45) is 0 Å². The number of benzene rings is 6. The van der Waals surface area contributed by atoms with E-state index in [-0.39, 0.29) is 11.9 Å². The Morgan fingerprint density at radius 3 is 0.768 bits per heavy atom. The number of carbonyl (C=O) groups is 4. The van der Waals surface area contributed by atoms with E-state index >= 15 is 0 Å². The van der Waals surface area contributed by atoms with Crippen LogP contribution in [-0.2, 0) is 9.59 Å². The number of rotatable bonds is 30. The Morgan fingerprint density at radius 2 is 0.478 bits per heavy atom. The van der Waals surface area contributed by atoms with E-state index in [4.69, 9.17) is 18.9 Å². The fourth-order valence-corrected chi connectivity index (χ4v) is 8.25. The molecule has 0 spiro atoms. The topological polar surface area (TPSA) is 105 Å². The van der Waals surface area contributed by atoms with Crippen molar-refractivity contribution in [1.82, 2.24) is 0 Å². The summed E-state index contributed by atoms with van der Waals surface area (Å²) >= 11 is 0. The zero-order valence-electron chi connectivity index (χ0n) is 40.1. The smallest absolute Gasteiger partial charge is 0.343 e. The molecule has 0 bridgehead atoms. The third kappa shape index (κ3) is 19.4. The lowest BCUT2D eigenvalue weighted by Crippen LogP contribution is -2.10. The summed E-state index contributed by atoms with van der Waals surface area (Å²) in [7, 11) is 0. The van der Waals surface area contributed by atoms with E-state index in [2.05, 4.69) is 0 Å². The summed E-state index contributed by atoms with van der Waals surface area (Å²) in [6, 6.07) is 47.8. The normalized spacial score (nSPS) is 10.9. The lowest BCUT2D eigenvalue weighted by molar-refractivity contribution is -0.135. The lowest BCUT2D eigenvalue weighted by atomic mass is 10.0. The molecule has 0 fully saturated rings. The molecule has 0 atom stereocenters. The molecule has 0 aliphatic carbocycles. The first-order valence-corrected chi connectivity index (χ1v) is 25.3. The monoisotopic (exact) mass is 928 g/mol. The summed E-state index contributed by atoms with van der Waals surface area (Å²) in [6.07, 6.45) is 23.5. The zero-order chi connectivity index (χ0) is 48.1. The van der Waals surface area contributed by atoms with Gasteiger partial charge in [-0.15, -0.1) is 0 Å². The van der Waals surface area contributed by atoms with Crippen molar-refractivity contribution in [1.29, 1.82) is 0 Å². The molecule has 0 aliphatic heterocycles. The van der Waals surface area contributed by atoms with Crippen LogP contribution in [0, 0.1) is 0 Å². The van der Waals surface area contributed by atoms with Gasteiger partial charge in [0.2, 0.25) is 0 Å². The van der Waals surface area contributed by atoms with E-state index in [1.807, 2.05) is 84.9 Å². The molecular formula is C61H68O8. The quantitative estimate of drug-likeness (QED) is 0.0250. The molecule has 0 aliphatic rings. The number of hydrogen-bond acceptors (Lipinski definition) is 8. The maximum atomic E-state index is 12.7. The maximum Gasteiger partial charge on any atom is 0.343 e. The number of esters is 4. The highest BCUT2D eigenvalue weighted by Gasteiger charge is 2.13. The van der Waals surface area contributed by atoms with Crippen molar-refractivity contribution in [3.63, 3.8) is 0 Å². The van der Waals surface area contributed by atoms with Crippen LogP contribution >= 0.6 is 0 Å². The molecular weight excluding hydrogens is 861 g/mol.